The molecule has 0 aromatic heterocycles. The zero-order valence-electron chi connectivity index (χ0n) is 12.0. The van der Waals surface area contributed by atoms with Crippen molar-refractivity contribution in [3.05, 3.63) is 65.5 Å². The molecular weight excluding hydrogens is 289 g/mol. The Bertz CT molecular complexity index is 711. The summed E-state index contributed by atoms with van der Waals surface area (Å²) in [6.45, 7) is 2.53. The fourth-order valence-corrected chi connectivity index (χ4v) is 2.67. The molecule has 2 aromatic carbocycles. The maximum absolute atomic E-state index is 13.1. The molecular formula is C16H18FNO2S. The summed E-state index contributed by atoms with van der Waals surface area (Å²) in [6.07, 6.45) is 1.19. The van der Waals surface area contributed by atoms with Crippen LogP contribution in [-0.2, 0) is 16.4 Å². The Balaban J connectivity index is 2.02. The fourth-order valence-electron chi connectivity index (χ4n) is 2.04. The monoisotopic (exact) mass is 307 g/mol. The minimum atomic E-state index is -3.17. The van der Waals surface area contributed by atoms with Crippen molar-refractivity contribution >= 4 is 9.84 Å². The lowest BCUT2D eigenvalue weighted by Crippen LogP contribution is -2.18. The molecule has 1 N–H and O–H groups in total. The van der Waals surface area contributed by atoms with E-state index in [1.807, 2.05) is 13.0 Å². The molecule has 1 unspecified atom stereocenters. The van der Waals surface area contributed by atoms with Crippen LogP contribution in [0.2, 0.25) is 0 Å². The summed E-state index contributed by atoms with van der Waals surface area (Å²) >= 11 is 0. The third kappa shape index (κ3) is 4.37. The third-order valence-corrected chi connectivity index (χ3v) is 4.44. The lowest BCUT2D eigenvalue weighted by molar-refractivity contribution is 0.568. The van der Waals surface area contributed by atoms with Crippen LogP contribution in [0, 0.1) is 5.82 Å². The van der Waals surface area contributed by atoms with Gasteiger partial charge in [-0.3, -0.25) is 0 Å². The first kappa shape index (κ1) is 15.7. The van der Waals surface area contributed by atoms with Gasteiger partial charge < -0.3 is 5.32 Å². The summed E-state index contributed by atoms with van der Waals surface area (Å²) in [5.41, 5.74) is 1.86. The molecule has 5 heteroatoms. The van der Waals surface area contributed by atoms with Crippen LogP contribution in [0.3, 0.4) is 0 Å². The molecule has 0 heterocycles. The largest absolute Gasteiger partial charge is 0.306 e. The summed E-state index contributed by atoms with van der Waals surface area (Å²) < 4.78 is 35.9. The minimum absolute atomic E-state index is 0.0434. The lowest BCUT2D eigenvalue weighted by atomic mass is 10.1. The molecule has 0 radical (unpaired) electrons. The van der Waals surface area contributed by atoms with Gasteiger partial charge in [0.25, 0.3) is 0 Å². The van der Waals surface area contributed by atoms with Crippen molar-refractivity contribution in [1.29, 1.82) is 0 Å². The second kappa shape index (κ2) is 6.37. The van der Waals surface area contributed by atoms with Crippen molar-refractivity contribution in [3.8, 4) is 0 Å². The number of halogens is 1. The maximum Gasteiger partial charge on any atom is 0.175 e. The molecule has 0 aliphatic carbocycles. The van der Waals surface area contributed by atoms with Crippen LogP contribution in [-0.4, -0.2) is 14.7 Å². The molecule has 0 saturated heterocycles. The van der Waals surface area contributed by atoms with Crippen LogP contribution in [0.4, 0.5) is 4.39 Å². The van der Waals surface area contributed by atoms with E-state index in [1.165, 1.54) is 18.4 Å². The summed E-state index contributed by atoms with van der Waals surface area (Å²) in [6, 6.07) is 13.3. The molecule has 0 saturated carbocycles. The molecule has 2 rings (SSSR count). The third-order valence-electron chi connectivity index (χ3n) is 3.31. The molecule has 21 heavy (non-hydrogen) atoms. The second-order valence-electron chi connectivity index (χ2n) is 5.07. The average Bonchev–Trinajstić information content (AvgIpc) is 2.44. The molecule has 0 aliphatic rings. The van der Waals surface area contributed by atoms with Gasteiger partial charge in [0.15, 0.2) is 9.84 Å². The average molecular weight is 307 g/mol. The van der Waals surface area contributed by atoms with Gasteiger partial charge in [0.05, 0.1) is 4.90 Å². The van der Waals surface area contributed by atoms with Gasteiger partial charge in [-0.05, 0) is 42.3 Å². The molecule has 0 amide bonds. The molecule has 0 aliphatic heterocycles. The van der Waals surface area contributed by atoms with E-state index in [0.717, 1.165) is 11.1 Å². The van der Waals surface area contributed by atoms with E-state index in [1.54, 1.807) is 30.3 Å². The summed E-state index contributed by atoms with van der Waals surface area (Å²) in [5.74, 6) is -0.251. The van der Waals surface area contributed by atoms with E-state index in [-0.39, 0.29) is 11.9 Å². The van der Waals surface area contributed by atoms with Gasteiger partial charge >= 0.3 is 0 Å². The zero-order valence-corrected chi connectivity index (χ0v) is 12.8. The standard InChI is InChI=1S/C16H18FNO2S/c1-12(18-11-13-4-3-5-15(17)10-13)14-6-8-16(9-7-14)21(2,19)20/h3-10,12,18H,11H2,1-2H3. The summed E-state index contributed by atoms with van der Waals surface area (Å²) in [4.78, 5) is 0.309. The van der Waals surface area contributed by atoms with Crippen LogP contribution in [0.1, 0.15) is 24.1 Å². The highest BCUT2D eigenvalue weighted by Crippen LogP contribution is 2.17. The predicted molar refractivity (Wildman–Crippen MR) is 81.2 cm³/mol. The smallest absolute Gasteiger partial charge is 0.175 e. The number of sulfone groups is 1. The van der Waals surface area contributed by atoms with Gasteiger partial charge in [-0.15, -0.1) is 0 Å². The fraction of sp³-hybridized carbons (Fsp3) is 0.250. The van der Waals surface area contributed by atoms with Crippen molar-refractivity contribution < 1.29 is 12.8 Å². The van der Waals surface area contributed by atoms with E-state index < -0.39 is 9.84 Å². The number of rotatable bonds is 5. The molecule has 0 fully saturated rings. The Hall–Kier alpha value is -1.72. The van der Waals surface area contributed by atoms with E-state index in [9.17, 15) is 12.8 Å². The topological polar surface area (TPSA) is 46.2 Å². The maximum atomic E-state index is 13.1. The van der Waals surface area contributed by atoms with Gasteiger partial charge in [0.1, 0.15) is 5.82 Å². The molecule has 2 aromatic rings. The molecule has 0 bridgehead atoms. The van der Waals surface area contributed by atoms with Crippen LogP contribution in [0.5, 0.6) is 0 Å². The highest BCUT2D eigenvalue weighted by Gasteiger charge is 2.09. The minimum Gasteiger partial charge on any atom is -0.306 e. The SMILES string of the molecule is CC(NCc1cccc(F)c1)c1ccc(S(C)(=O)=O)cc1. The Kier molecular flexibility index (Phi) is 4.75. The van der Waals surface area contributed by atoms with Gasteiger partial charge in [-0.1, -0.05) is 24.3 Å². The number of benzene rings is 2. The zero-order chi connectivity index (χ0) is 15.5. The Morgan fingerprint density at radius 2 is 1.81 bits per heavy atom. The van der Waals surface area contributed by atoms with Crippen molar-refractivity contribution in [2.75, 3.05) is 6.26 Å². The van der Waals surface area contributed by atoms with E-state index in [2.05, 4.69) is 5.32 Å². The number of hydrogen-bond donors (Lipinski definition) is 1. The summed E-state index contributed by atoms with van der Waals surface area (Å²) in [7, 11) is -3.17. The summed E-state index contributed by atoms with van der Waals surface area (Å²) in [5, 5.41) is 3.28. The van der Waals surface area contributed by atoms with Crippen molar-refractivity contribution in [2.45, 2.75) is 24.4 Å². The van der Waals surface area contributed by atoms with E-state index in [0.29, 0.717) is 11.4 Å². The van der Waals surface area contributed by atoms with E-state index in [4.69, 9.17) is 0 Å². The van der Waals surface area contributed by atoms with Crippen molar-refractivity contribution in [3.63, 3.8) is 0 Å². The Morgan fingerprint density at radius 3 is 2.38 bits per heavy atom. The normalized spacial score (nSPS) is 13.1. The van der Waals surface area contributed by atoms with Gasteiger partial charge in [0.2, 0.25) is 0 Å². The van der Waals surface area contributed by atoms with Crippen LogP contribution in [0.25, 0.3) is 0 Å². The highest BCUT2D eigenvalue weighted by atomic mass is 32.2. The first-order valence-electron chi connectivity index (χ1n) is 6.64. The van der Waals surface area contributed by atoms with Gasteiger partial charge in [-0.25, -0.2) is 12.8 Å². The predicted octanol–water partition coefficient (Wildman–Crippen LogP) is 3.08. The van der Waals surface area contributed by atoms with Gasteiger partial charge in [0, 0.05) is 18.8 Å². The van der Waals surface area contributed by atoms with E-state index >= 15 is 0 Å². The number of nitrogens with one attached hydrogen (secondary N) is 1. The Morgan fingerprint density at radius 1 is 1.14 bits per heavy atom. The molecule has 1 atom stereocenters. The van der Waals surface area contributed by atoms with Crippen LogP contribution < -0.4 is 5.32 Å². The van der Waals surface area contributed by atoms with Gasteiger partial charge in [-0.2, -0.15) is 0 Å². The molecule has 3 nitrogen and oxygen atoms in total. The molecule has 112 valence electrons. The van der Waals surface area contributed by atoms with Crippen LogP contribution >= 0.6 is 0 Å². The van der Waals surface area contributed by atoms with Crippen LogP contribution in [0.15, 0.2) is 53.4 Å². The molecule has 0 spiro atoms. The quantitative estimate of drug-likeness (QED) is 0.923. The first-order valence-corrected chi connectivity index (χ1v) is 8.53. The van der Waals surface area contributed by atoms with Crippen molar-refractivity contribution in [1.82, 2.24) is 5.32 Å². The van der Waals surface area contributed by atoms with Crippen molar-refractivity contribution in [2.24, 2.45) is 0 Å². The lowest BCUT2D eigenvalue weighted by Gasteiger charge is -2.14. The highest BCUT2D eigenvalue weighted by molar-refractivity contribution is 7.90. The first-order chi connectivity index (χ1) is 9.86. The number of hydrogen-bond acceptors (Lipinski definition) is 3. The Labute approximate surface area is 124 Å². The second-order valence-corrected chi connectivity index (χ2v) is 7.09.